The Balaban J connectivity index is 2.08. The maximum Gasteiger partial charge on any atom is 0.0809 e. The number of thiophene rings is 1. The number of hydrogen-bond acceptors (Lipinski definition) is 2. The van der Waals surface area contributed by atoms with Gasteiger partial charge < -0.3 is 5.11 Å². The molecule has 19 heavy (non-hydrogen) atoms. The van der Waals surface area contributed by atoms with Crippen LogP contribution >= 0.6 is 43.2 Å². The van der Waals surface area contributed by atoms with Crippen molar-refractivity contribution in [1.82, 2.24) is 0 Å². The zero-order chi connectivity index (χ0) is 14.1. The molecule has 1 atom stereocenters. The topological polar surface area (TPSA) is 20.2 Å². The molecule has 1 aromatic rings. The van der Waals surface area contributed by atoms with Crippen LogP contribution in [0.2, 0.25) is 0 Å². The standard InChI is InChI=1S/C15H24Br2OS/c1-2-3-4-5-6-7-8-9-10-13(18)12-11-14(16)19-15(12)17/h11,13,18H,2-10H2,1H3. The van der Waals surface area contributed by atoms with Crippen molar-refractivity contribution >= 4 is 43.2 Å². The molecule has 0 fully saturated rings. The molecule has 1 aromatic heterocycles. The fourth-order valence-electron chi connectivity index (χ4n) is 2.21. The summed E-state index contributed by atoms with van der Waals surface area (Å²) in [5.74, 6) is 0. The van der Waals surface area contributed by atoms with Crippen LogP contribution in [0.1, 0.15) is 76.4 Å². The van der Waals surface area contributed by atoms with Crippen molar-refractivity contribution < 1.29 is 5.11 Å². The van der Waals surface area contributed by atoms with Crippen molar-refractivity contribution in [2.75, 3.05) is 0 Å². The summed E-state index contributed by atoms with van der Waals surface area (Å²) in [6, 6.07) is 2.02. The molecule has 0 aliphatic rings. The molecule has 0 bridgehead atoms. The minimum Gasteiger partial charge on any atom is -0.388 e. The molecule has 4 heteroatoms. The molecule has 0 spiro atoms. The molecule has 110 valence electrons. The number of aliphatic hydroxyl groups is 1. The Morgan fingerprint density at radius 1 is 1.05 bits per heavy atom. The molecule has 1 heterocycles. The highest BCUT2D eigenvalue weighted by atomic mass is 79.9. The van der Waals surface area contributed by atoms with Gasteiger partial charge in [0.25, 0.3) is 0 Å². The first-order chi connectivity index (χ1) is 9.15. The fraction of sp³-hybridized carbons (Fsp3) is 0.733. The Labute approximate surface area is 138 Å². The SMILES string of the molecule is CCCCCCCCCCC(O)c1cc(Br)sc1Br. The molecular formula is C15H24Br2OS. The molecular weight excluding hydrogens is 388 g/mol. The number of hydrogen-bond donors (Lipinski definition) is 1. The zero-order valence-electron chi connectivity index (χ0n) is 11.6. The van der Waals surface area contributed by atoms with E-state index in [1.165, 1.54) is 44.9 Å². The summed E-state index contributed by atoms with van der Waals surface area (Å²) >= 11 is 8.58. The van der Waals surface area contributed by atoms with Gasteiger partial charge in [-0.2, -0.15) is 0 Å². The van der Waals surface area contributed by atoms with E-state index in [-0.39, 0.29) is 6.10 Å². The monoisotopic (exact) mass is 410 g/mol. The average molecular weight is 412 g/mol. The third kappa shape index (κ3) is 7.26. The van der Waals surface area contributed by atoms with Crippen LogP contribution in [-0.2, 0) is 0 Å². The van der Waals surface area contributed by atoms with E-state index in [0.717, 1.165) is 26.0 Å². The molecule has 0 saturated heterocycles. The van der Waals surface area contributed by atoms with Crippen molar-refractivity contribution in [3.8, 4) is 0 Å². The third-order valence-electron chi connectivity index (χ3n) is 3.37. The Bertz CT molecular complexity index is 352. The van der Waals surface area contributed by atoms with E-state index in [1.54, 1.807) is 11.3 Å². The fourth-order valence-corrected chi connectivity index (χ4v) is 5.16. The van der Waals surface area contributed by atoms with E-state index in [0.29, 0.717) is 0 Å². The number of unbranched alkanes of at least 4 members (excludes halogenated alkanes) is 7. The van der Waals surface area contributed by atoms with E-state index in [2.05, 4.69) is 38.8 Å². The second kappa shape index (κ2) is 10.4. The summed E-state index contributed by atoms with van der Waals surface area (Å²) in [6.07, 6.45) is 11.0. The highest BCUT2D eigenvalue weighted by molar-refractivity contribution is 9.12. The lowest BCUT2D eigenvalue weighted by Gasteiger charge is -2.09. The van der Waals surface area contributed by atoms with Crippen LogP contribution < -0.4 is 0 Å². The maximum atomic E-state index is 10.1. The van der Waals surface area contributed by atoms with Crippen LogP contribution in [0, 0.1) is 0 Å². The second-order valence-corrected chi connectivity index (χ2v) is 8.81. The largest absolute Gasteiger partial charge is 0.388 e. The molecule has 0 amide bonds. The summed E-state index contributed by atoms with van der Waals surface area (Å²) in [5, 5.41) is 10.1. The van der Waals surface area contributed by atoms with Gasteiger partial charge in [-0.25, -0.2) is 0 Å². The van der Waals surface area contributed by atoms with Crippen molar-refractivity contribution in [3.63, 3.8) is 0 Å². The van der Waals surface area contributed by atoms with E-state index < -0.39 is 0 Å². The number of halogens is 2. The van der Waals surface area contributed by atoms with E-state index in [1.807, 2.05) is 6.07 Å². The lowest BCUT2D eigenvalue weighted by Crippen LogP contribution is -1.96. The molecule has 0 radical (unpaired) electrons. The Kier molecular flexibility index (Phi) is 9.64. The molecule has 1 unspecified atom stereocenters. The van der Waals surface area contributed by atoms with Crippen LogP contribution in [0.4, 0.5) is 0 Å². The van der Waals surface area contributed by atoms with Crippen LogP contribution in [0.25, 0.3) is 0 Å². The van der Waals surface area contributed by atoms with Crippen LogP contribution in [0.15, 0.2) is 13.6 Å². The lowest BCUT2D eigenvalue weighted by atomic mass is 10.0. The van der Waals surface area contributed by atoms with Crippen molar-refractivity contribution in [1.29, 1.82) is 0 Å². The molecule has 0 saturated carbocycles. The van der Waals surface area contributed by atoms with Gasteiger partial charge in [-0.05, 0) is 44.3 Å². The molecule has 1 N–H and O–H groups in total. The van der Waals surface area contributed by atoms with E-state index in [4.69, 9.17) is 0 Å². The predicted octanol–water partition coefficient (Wildman–Crippen LogP) is 6.84. The Morgan fingerprint density at radius 3 is 2.16 bits per heavy atom. The summed E-state index contributed by atoms with van der Waals surface area (Å²) in [4.78, 5) is 0. The van der Waals surface area contributed by atoms with Gasteiger partial charge in [-0.1, -0.05) is 58.3 Å². The highest BCUT2D eigenvalue weighted by Crippen LogP contribution is 2.37. The Hall–Kier alpha value is 0.620. The van der Waals surface area contributed by atoms with Crippen molar-refractivity contribution in [3.05, 3.63) is 19.2 Å². The van der Waals surface area contributed by atoms with Gasteiger partial charge in [-0.15, -0.1) is 11.3 Å². The summed E-state index contributed by atoms with van der Waals surface area (Å²) in [6.45, 7) is 2.25. The van der Waals surface area contributed by atoms with Gasteiger partial charge in [0, 0.05) is 5.56 Å². The smallest absolute Gasteiger partial charge is 0.0809 e. The normalized spacial score (nSPS) is 12.8. The summed E-state index contributed by atoms with van der Waals surface area (Å²) in [5.41, 5.74) is 1.03. The third-order valence-corrected chi connectivity index (χ3v) is 5.76. The molecule has 0 aliphatic heterocycles. The van der Waals surface area contributed by atoms with Gasteiger partial charge in [0.15, 0.2) is 0 Å². The summed E-state index contributed by atoms with van der Waals surface area (Å²) < 4.78 is 2.12. The van der Waals surface area contributed by atoms with Gasteiger partial charge in [0.1, 0.15) is 0 Å². The van der Waals surface area contributed by atoms with Gasteiger partial charge >= 0.3 is 0 Å². The highest BCUT2D eigenvalue weighted by Gasteiger charge is 2.13. The first-order valence-electron chi connectivity index (χ1n) is 7.28. The molecule has 1 nitrogen and oxygen atoms in total. The van der Waals surface area contributed by atoms with Crippen molar-refractivity contribution in [2.24, 2.45) is 0 Å². The molecule has 0 aromatic carbocycles. The quantitative estimate of drug-likeness (QED) is 0.418. The minimum atomic E-state index is -0.322. The van der Waals surface area contributed by atoms with Crippen LogP contribution in [-0.4, -0.2) is 5.11 Å². The van der Waals surface area contributed by atoms with Crippen LogP contribution in [0.3, 0.4) is 0 Å². The van der Waals surface area contributed by atoms with Gasteiger partial charge in [0.05, 0.1) is 13.7 Å². The van der Waals surface area contributed by atoms with Gasteiger partial charge in [0.2, 0.25) is 0 Å². The van der Waals surface area contributed by atoms with Crippen molar-refractivity contribution in [2.45, 2.75) is 70.8 Å². The molecule has 0 aliphatic carbocycles. The Morgan fingerprint density at radius 2 is 1.63 bits per heavy atom. The first-order valence-corrected chi connectivity index (χ1v) is 9.68. The predicted molar refractivity (Wildman–Crippen MR) is 91.9 cm³/mol. The van der Waals surface area contributed by atoms with Gasteiger partial charge in [-0.3, -0.25) is 0 Å². The summed E-state index contributed by atoms with van der Waals surface area (Å²) in [7, 11) is 0. The van der Waals surface area contributed by atoms with E-state index >= 15 is 0 Å². The molecule has 1 rings (SSSR count). The zero-order valence-corrected chi connectivity index (χ0v) is 15.6. The second-order valence-electron chi connectivity index (χ2n) is 5.06. The van der Waals surface area contributed by atoms with Crippen LogP contribution in [0.5, 0.6) is 0 Å². The first kappa shape index (κ1) is 17.7. The maximum absolute atomic E-state index is 10.1. The number of aliphatic hydroxyl groups excluding tert-OH is 1. The lowest BCUT2D eigenvalue weighted by molar-refractivity contribution is 0.163. The van der Waals surface area contributed by atoms with E-state index in [9.17, 15) is 5.11 Å². The number of rotatable bonds is 10. The minimum absolute atomic E-state index is 0.322. The average Bonchev–Trinajstić information content (AvgIpc) is 2.71.